The van der Waals surface area contributed by atoms with Gasteiger partial charge >= 0.3 is 0 Å². The van der Waals surface area contributed by atoms with Gasteiger partial charge in [-0.25, -0.2) is 0 Å². The normalized spacial score (nSPS) is 23.5. The Morgan fingerprint density at radius 2 is 1.80 bits per heavy atom. The first-order valence-electron chi connectivity index (χ1n) is 7.83. The average molecular weight is 266 g/mol. The molecule has 0 amide bonds. The second-order valence-corrected chi connectivity index (χ2v) is 6.30. The van der Waals surface area contributed by atoms with Gasteiger partial charge in [0.1, 0.15) is 0 Å². The van der Waals surface area contributed by atoms with Crippen LogP contribution in [0, 0.1) is 0 Å². The molecule has 20 heavy (non-hydrogen) atoms. The highest BCUT2D eigenvalue weighted by Crippen LogP contribution is 2.24. The summed E-state index contributed by atoms with van der Waals surface area (Å²) in [4.78, 5) is 2.60. The first-order chi connectivity index (χ1) is 9.88. The summed E-state index contributed by atoms with van der Waals surface area (Å²) in [6.45, 7) is 3.53. The molecular formula is C18H22N2. The molecule has 0 spiro atoms. The molecule has 1 N–H and O–H groups in total. The van der Waals surface area contributed by atoms with Crippen LogP contribution in [0.5, 0.6) is 0 Å². The zero-order chi connectivity index (χ0) is 13.4. The first-order valence-corrected chi connectivity index (χ1v) is 7.83. The number of hydrogen-bond donors (Lipinski definition) is 1. The number of hydrogen-bond acceptors (Lipinski definition) is 2. The highest BCUT2D eigenvalue weighted by atomic mass is 15.2. The van der Waals surface area contributed by atoms with E-state index in [4.69, 9.17) is 0 Å². The van der Waals surface area contributed by atoms with Gasteiger partial charge in [-0.1, -0.05) is 42.5 Å². The Bertz CT molecular complexity index is 598. The zero-order valence-electron chi connectivity index (χ0n) is 11.9. The monoisotopic (exact) mass is 266 g/mol. The molecule has 2 fully saturated rings. The Morgan fingerprint density at radius 3 is 2.70 bits per heavy atom. The van der Waals surface area contributed by atoms with Crippen LogP contribution in [0.15, 0.2) is 42.5 Å². The molecule has 1 aliphatic heterocycles. The van der Waals surface area contributed by atoms with Gasteiger partial charge in [-0.05, 0) is 35.6 Å². The van der Waals surface area contributed by atoms with Crippen molar-refractivity contribution < 1.29 is 0 Å². The van der Waals surface area contributed by atoms with Crippen molar-refractivity contribution in [3.05, 3.63) is 48.0 Å². The van der Waals surface area contributed by atoms with Gasteiger partial charge in [0.15, 0.2) is 0 Å². The smallest absolute Gasteiger partial charge is 0.0240 e. The minimum absolute atomic E-state index is 0.720. The summed E-state index contributed by atoms with van der Waals surface area (Å²) in [5.74, 6) is 0. The molecule has 104 valence electrons. The van der Waals surface area contributed by atoms with Crippen molar-refractivity contribution >= 4 is 10.8 Å². The summed E-state index contributed by atoms with van der Waals surface area (Å²) in [5, 5.41) is 6.53. The van der Waals surface area contributed by atoms with E-state index in [0.29, 0.717) is 0 Å². The molecule has 0 radical (unpaired) electrons. The lowest BCUT2D eigenvalue weighted by molar-refractivity contribution is 0.321. The summed E-state index contributed by atoms with van der Waals surface area (Å²) in [6.07, 6.45) is 4.08. The third kappa shape index (κ3) is 2.58. The van der Waals surface area contributed by atoms with Gasteiger partial charge in [-0.15, -0.1) is 0 Å². The van der Waals surface area contributed by atoms with E-state index in [9.17, 15) is 0 Å². The lowest BCUT2D eigenvalue weighted by atomic mass is 10.0. The fourth-order valence-corrected chi connectivity index (χ4v) is 3.37. The first kappa shape index (κ1) is 12.4. The number of fused-ring (bicyclic) bond motifs is 1. The molecule has 2 aromatic rings. The van der Waals surface area contributed by atoms with Gasteiger partial charge in [-0.2, -0.15) is 0 Å². The van der Waals surface area contributed by atoms with Crippen LogP contribution >= 0.6 is 0 Å². The van der Waals surface area contributed by atoms with Gasteiger partial charge in [0, 0.05) is 31.7 Å². The van der Waals surface area contributed by atoms with Crippen molar-refractivity contribution in [1.29, 1.82) is 0 Å². The van der Waals surface area contributed by atoms with E-state index in [-0.39, 0.29) is 0 Å². The van der Waals surface area contributed by atoms with E-state index in [2.05, 4.69) is 52.7 Å². The van der Waals surface area contributed by atoms with Crippen molar-refractivity contribution in [2.75, 3.05) is 13.1 Å². The predicted octanol–water partition coefficient (Wildman–Crippen LogP) is 3.17. The van der Waals surface area contributed by atoms with E-state index in [1.54, 1.807) is 0 Å². The van der Waals surface area contributed by atoms with Crippen molar-refractivity contribution in [3.8, 4) is 0 Å². The number of rotatable bonds is 4. The maximum atomic E-state index is 3.76. The van der Waals surface area contributed by atoms with Crippen LogP contribution in [0.2, 0.25) is 0 Å². The number of likely N-dealkylation sites (tertiary alicyclic amines) is 1. The quantitative estimate of drug-likeness (QED) is 0.914. The van der Waals surface area contributed by atoms with Crippen molar-refractivity contribution in [2.45, 2.75) is 37.9 Å². The molecule has 2 heteroatoms. The number of nitrogens with zero attached hydrogens (tertiary/aromatic N) is 1. The largest absolute Gasteiger partial charge is 0.310 e. The molecule has 0 bridgehead atoms. The van der Waals surface area contributed by atoms with Crippen LogP contribution < -0.4 is 5.32 Å². The van der Waals surface area contributed by atoms with Gasteiger partial charge in [0.05, 0.1) is 0 Å². The lowest BCUT2D eigenvalue weighted by Gasteiger charge is -2.18. The Balaban J connectivity index is 1.47. The SMILES string of the molecule is c1ccc2c(CN3CCC(NC4CC4)C3)cccc2c1. The molecule has 1 heterocycles. The fourth-order valence-electron chi connectivity index (χ4n) is 3.37. The summed E-state index contributed by atoms with van der Waals surface area (Å²) >= 11 is 0. The Hall–Kier alpha value is -1.38. The zero-order valence-corrected chi connectivity index (χ0v) is 11.9. The van der Waals surface area contributed by atoms with Crippen LogP contribution in [0.1, 0.15) is 24.8 Å². The van der Waals surface area contributed by atoms with E-state index in [1.165, 1.54) is 48.7 Å². The number of benzene rings is 2. The molecular weight excluding hydrogens is 244 g/mol. The van der Waals surface area contributed by atoms with E-state index in [0.717, 1.165) is 18.6 Å². The fraction of sp³-hybridized carbons (Fsp3) is 0.444. The van der Waals surface area contributed by atoms with Crippen LogP contribution in [-0.4, -0.2) is 30.1 Å². The van der Waals surface area contributed by atoms with E-state index >= 15 is 0 Å². The molecule has 1 atom stereocenters. The second kappa shape index (κ2) is 5.19. The molecule has 1 unspecified atom stereocenters. The topological polar surface area (TPSA) is 15.3 Å². The van der Waals surface area contributed by atoms with Gasteiger partial charge < -0.3 is 5.32 Å². The van der Waals surface area contributed by atoms with Crippen LogP contribution in [0.4, 0.5) is 0 Å². The Morgan fingerprint density at radius 1 is 0.950 bits per heavy atom. The maximum Gasteiger partial charge on any atom is 0.0240 e. The summed E-state index contributed by atoms with van der Waals surface area (Å²) in [6, 6.07) is 17.0. The lowest BCUT2D eigenvalue weighted by Crippen LogP contribution is -2.33. The summed E-state index contributed by atoms with van der Waals surface area (Å²) in [5.41, 5.74) is 1.47. The Kier molecular flexibility index (Phi) is 3.21. The summed E-state index contributed by atoms with van der Waals surface area (Å²) in [7, 11) is 0. The third-order valence-corrected chi connectivity index (χ3v) is 4.60. The number of nitrogens with one attached hydrogen (secondary N) is 1. The molecule has 2 aromatic carbocycles. The van der Waals surface area contributed by atoms with Crippen LogP contribution in [0.3, 0.4) is 0 Å². The van der Waals surface area contributed by atoms with Gasteiger partial charge in [0.2, 0.25) is 0 Å². The molecule has 1 saturated carbocycles. The molecule has 2 aliphatic rings. The molecule has 2 nitrogen and oxygen atoms in total. The van der Waals surface area contributed by atoms with Crippen molar-refractivity contribution in [3.63, 3.8) is 0 Å². The highest BCUT2D eigenvalue weighted by Gasteiger charge is 2.29. The van der Waals surface area contributed by atoms with Gasteiger partial charge in [0.25, 0.3) is 0 Å². The van der Waals surface area contributed by atoms with Crippen LogP contribution in [0.25, 0.3) is 10.8 Å². The standard InChI is InChI=1S/C18H22N2/c1-2-7-18-14(4-1)5-3-6-15(18)12-20-11-10-17(13-20)19-16-8-9-16/h1-7,16-17,19H,8-13H2. The second-order valence-electron chi connectivity index (χ2n) is 6.30. The van der Waals surface area contributed by atoms with Crippen LogP contribution in [-0.2, 0) is 6.54 Å². The van der Waals surface area contributed by atoms with Gasteiger partial charge in [-0.3, -0.25) is 4.90 Å². The summed E-state index contributed by atoms with van der Waals surface area (Å²) < 4.78 is 0. The molecule has 1 aliphatic carbocycles. The molecule has 1 saturated heterocycles. The van der Waals surface area contributed by atoms with Crippen molar-refractivity contribution in [2.24, 2.45) is 0 Å². The molecule has 4 rings (SSSR count). The van der Waals surface area contributed by atoms with E-state index in [1.807, 2.05) is 0 Å². The average Bonchev–Trinajstić information content (AvgIpc) is 3.18. The third-order valence-electron chi connectivity index (χ3n) is 4.60. The minimum atomic E-state index is 0.720. The minimum Gasteiger partial charge on any atom is -0.310 e. The highest BCUT2D eigenvalue weighted by molar-refractivity contribution is 5.85. The predicted molar refractivity (Wildman–Crippen MR) is 83.8 cm³/mol. The van der Waals surface area contributed by atoms with Crippen molar-refractivity contribution in [1.82, 2.24) is 10.2 Å². The maximum absolute atomic E-state index is 3.76. The Labute approximate surface area is 120 Å². The van der Waals surface area contributed by atoms with E-state index < -0.39 is 0 Å². The molecule has 0 aromatic heterocycles.